The predicted octanol–water partition coefficient (Wildman–Crippen LogP) is 2.18. The van der Waals surface area contributed by atoms with Crippen LogP contribution in [0.15, 0.2) is 36.5 Å². The lowest BCUT2D eigenvalue weighted by molar-refractivity contribution is 0.169. The van der Waals surface area contributed by atoms with Gasteiger partial charge in [-0.05, 0) is 42.8 Å². The third-order valence-corrected chi connectivity index (χ3v) is 6.07. The average molecular weight is 437 g/mol. The number of halogens is 1. The van der Waals surface area contributed by atoms with Gasteiger partial charge in [0.25, 0.3) is 0 Å². The van der Waals surface area contributed by atoms with Crippen LogP contribution in [0.2, 0.25) is 0 Å². The largest absolute Gasteiger partial charge is 0.338 e. The standard InChI is InChI=1S/C19H24FN5O4S/c1-14-3-4-17(12-21-14)22-19(26)23-18-10-15(9-16(20)11-18)13-24-5-7-25(8-6-24)30(27,28)29-2/h3-4,9-12H,5-8,13H2,1-2H3,(H2,22,23,26). The van der Waals surface area contributed by atoms with Gasteiger partial charge in [0.15, 0.2) is 0 Å². The highest BCUT2D eigenvalue weighted by molar-refractivity contribution is 7.84. The quantitative estimate of drug-likeness (QED) is 0.718. The van der Waals surface area contributed by atoms with E-state index in [1.807, 2.05) is 11.8 Å². The summed E-state index contributed by atoms with van der Waals surface area (Å²) < 4.78 is 43.3. The zero-order valence-corrected chi connectivity index (χ0v) is 17.6. The molecule has 30 heavy (non-hydrogen) atoms. The topological polar surface area (TPSA) is 104 Å². The Labute approximate surface area is 175 Å². The number of rotatable bonds is 6. The molecule has 0 bridgehead atoms. The lowest BCUT2D eigenvalue weighted by Crippen LogP contribution is -2.48. The van der Waals surface area contributed by atoms with Crippen molar-refractivity contribution in [2.24, 2.45) is 0 Å². The number of aryl methyl sites for hydroxylation is 1. The van der Waals surface area contributed by atoms with Crippen LogP contribution < -0.4 is 10.6 Å². The Kier molecular flexibility index (Phi) is 6.98. The predicted molar refractivity (Wildman–Crippen MR) is 111 cm³/mol. The first-order valence-corrected chi connectivity index (χ1v) is 10.7. The van der Waals surface area contributed by atoms with Crippen molar-refractivity contribution in [2.75, 3.05) is 43.9 Å². The van der Waals surface area contributed by atoms with Crippen molar-refractivity contribution >= 4 is 27.7 Å². The van der Waals surface area contributed by atoms with Gasteiger partial charge in [0, 0.05) is 44.1 Å². The first kappa shape index (κ1) is 22.1. The molecule has 1 aromatic heterocycles. The van der Waals surface area contributed by atoms with E-state index in [1.165, 1.54) is 22.6 Å². The number of aromatic nitrogens is 1. The zero-order chi connectivity index (χ0) is 21.7. The Hall–Kier alpha value is -2.60. The Balaban J connectivity index is 1.59. The number of benzene rings is 1. The molecule has 2 heterocycles. The van der Waals surface area contributed by atoms with Gasteiger partial charge in [0.2, 0.25) is 0 Å². The molecule has 1 aliphatic rings. The highest BCUT2D eigenvalue weighted by Crippen LogP contribution is 2.18. The van der Waals surface area contributed by atoms with Gasteiger partial charge in [0.1, 0.15) is 5.82 Å². The van der Waals surface area contributed by atoms with Crippen LogP contribution in [0.4, 0.5) is 20.6 Å². The van der Waals surface area contributed by atoms with Crippen molar-refractivity contribution in [3.63, 3.8) is 0 Å². The summed E-state index contributed by atoms with van der Waals surface area (Å²) in [6.07, 6.45) is 1.54. The normalized spacial score (nSPS) is 15.7. The van der Waals surface area contributed by atoms with E-state index in [9.17, 15) is 17.6 Å². The van der Waals surface area contributed by atoms with E-state index in [2.05, 4.69) is 19.8 Å². The molecule has 9 nitrogen and oxygen atoms in total. The first-order chi connectivity index (χ1) is 14.2. The van der Waals surface area contributed by atoms with Crippen LogP contribution in [0.3, 0.4) is 0 Å². The van der Waals surface area contributed by atoms with Gasteiger partial charge in [-0.2, -0.15) is 12.7 Å². The number of amides is 2. The van der Waals surface area contributed by atoms with E-state index in [1.54, 1.807) is 18.2 Å². The molecule has 11 heteroatoms. The summed E-state index contributed by atoms with van der Waals surface area (Å²) >= 11 is 0. The molecule has 3 rings (SSSR count). The van der Waals surface area contributed by atoms with Crippen LogP contribution in [-0.2, 0) is 21.0 Å². The molecule has 1 aliphatic heterocycles. The Morgan fingerprint density at radius 1 is 1.13 bits per heavy atom. The fourth-order valence-electron chi connectivity index (χ4n) is 3.12. The average Bonchev–Trinajstić information content (AvgIpc) is 2.69. The number of nitrogens with zero attached hydrogens (tertiary/aromatic N) is 3. The molecule has 162 valence electrons. The fourth-order valence-corrected chi connectivity index (χ4v) is 3.95. The maximum absolute atomic E-state index is 14.1. The van der Waals surface area contributed by atoms with Crippen molar-refractivity contribution in [1.29, 1.82) is 0 Å². The molecule has 2 N–H and O–H groups in total. The molecular formula is C19H24FN5O4S. The van der Waals surface area contributed by atoms with Crippen LogP contribution >= 0.6 is 0 Å². The molecule has 0 unspecified atom stereocenters. The van der Waals surface area contributed by atoms with E-state index in [0.29, 0.717) is 49.7 Å². The third kappa shape index (κ3) is 5.95. The highest BCUT2D eigenvalue weighted by Gasteiger charge is 2.26. The number of anilines is 2. The molecule has 0 aliphatic carbocycles. The summed E-state index contributed by atoms with van der Waals surface area (Å²) in [5, 5.41) is 5.26. The van der Waals surface area contributed by atoms with E-state index in [0.717, 1.165) is 12.8 Å². The Morgan fingerprint density at radius 2 is 1.83 bits per heavy atom. The fraction of sp³-hybridized carbons (Fsp3) is 0.368. The first-order valence-electron chi connectivity index (χ1n) is 9.33. The summed E-state index contributed by atoms with van der Waals surface area (Å²) in [5.41, 5.74) is 2.35. The van der Waals surface area contributed by atoms with Gasteiger partial charge in [-0.3, -0.25) is 14.1 Å². The maximum Gasteiger partial charge on any atom is 0.338 e. The number of nitrogens with one attached hydrogen (secondary N) is 2. The van der Waals surface area contributed by atoms with E-state index >= 15 is 0 Å². The van der Waals surface area contributed by atoms with Crippen molar-refractivity contribution in [3.05, 3.63) is 53.6 Å². The second-order valence-corrected chi connectivity index (χ2v) is 8.62. The molecule has 1 saturated heterocycles. The zero-order valence-electron chi connectivity index (χ0n) is 16.8. The van der Waals surface area contributed by atoms with Gasteiger partial charge >= 0.3 is 16.3 Å². The third-order valence-electron chi connectivity index (χ3n) is 4.65. The van der Waals surface area contributed by atoms with Crippen molar-refractivity contribution in [1.82, 2.24) is 14.2 Å². The van der Waals surface area contributed by atoms with Crippen LogP contribution in [-0.4, -0.2) is 61.9 Å². The summed E-state index contributed by atoms with van der Waals surface area (Å²) in [5.74, 6) is -0.472. The van der Waals surface area contributed by atoms with Crippen LogP contribution in [0.25, 0.3) is 0 Å². The Bertz CT molecular complexity index is 992. The number of piperazine rings is 1. The summed E-state index contributed by atoms with van der Waals surface area (Å²) in [6, 6.07) is 7.31. The molecule has 0 radical (unpaired) electrons. The van der Waals surface area contributed by atoms with Crippen molar-refractivity contribution in [3.8, 4) is 0 Å². The molecular weight excluding hydrogens is 413 g/mol. The van der Waals surface area contributed by atoms with E-state index < -0.39 is 22.2 Å². The van der Waals surface area contributed by atoms with Gasteiger partial charge in [0.05, 0.1) is 19.0 Å². The number of hydrogen-bond donors (Lipinski definition) is 2. The van der Waals surface area contributed by atoms with Crippen LogP contribution in [0, 0.1) is 12.7 Å². The number of carbonyl (C=O) groups is 1. The number of carbonyl (C=O) groups excluding carboxylic acids is 1. The van der Waals surface area contributed by atoms with Crippen molar-refractivity contribution in [2.45, 2.75) is 13.5 Å². The molecule has 0 spiro atoms. The van der Waals surface area contributed by atoms with Gasteiger partial charge < -0.3 is 10.6 Å². The molecule has 0 saturated carbocycles. The molecule has 2 amide bonds. The second-order valence-electron chi connectivity index (χ2n) is 6.92. The van der Waals surface area contributed by atoms with Gasteiger partial charge in [-0.1, -0.05) is 0 Å². The number of pyridine rings is 1. The lowest BCUT2D eigenvalue weighted by Gasteiger charge is -2.33. The molecule has 2 aromatic rings. The van der Waals surface area contributed by atoms with Crippen molar-refractivity contribution < 1.29 is 21.8 Å². The molecule has 1 aromatic carbocycles. The summed E-state index contributed by atoms with van der Waals surface area (Å²) in [4.78, 5) is 18.3. The second kappa shape index (κ2) is 9.47. The lowest BCUT2D eigenvalue weighted by atomic mass is 10.1. The molecule has 0 atom stereocenters. The summed E-state index contributed by atoms with van der Waals surface area (Å²) in [7, 11) is -2.55. The smallest absolute Gasteiger partial charge is 0.308 e. The van der Waals surface area contributed by atoms with E-state index in [-0.39, 0.29) is 0 Å². The Morgan fingerprint density at radius 3 is 2.47 bits per heavy atom. The molecule has 1 fully saturated rings. The monoisotopic (exact) mass is 437 g/mol. The maximum atomic E-state index is 14.1. The number of urea groups is 1. The minimum atomic E-state index is -3.68. The van der Waals surface area contributed by atoms with Gasteiger partial charge in [-0.25, -0.2) is 9.18 Å². The van der Waals surface area contributed by atoms with Crippen LogP contribution in [0.5, 0.6) is 0 Å². The number of hydrogen-bond acceptors (Lipinski definition) is 6. The SMILES string of the molecule is COS(=O)(=O)N1CCN(Cc2cc(F)cc(NC(=O)Nc3ccc(C)nc3)c2)CC1. The van der Waals surface area contributed by atoms with E-state index in [4.69, 9.17) is 0 Å². The minimum Gasteiger partial charge on any atom is -0.308 e. The highest BCUT2D eigenvalue weighted by atomic mass is 32.2. The summed E-state index contributed by atoms with van der Waals surface area (Å²) in [6.45, 7) is 3.84. The minimum absolute atomic E-state index is 0.295. The van der Waals surface area contributed by atoms with Gasteiger partial charge in [-0.15, -0.1) is 0 Å². The van der Waals surface area contributed by atoms with Crippen LogP contribution in [0.1, 0.15) is 11.3 Å².